The van der Waals surface area contributed by atoms with Crippen molar-refractivity contribution in [2.75, 3.05) is 52.6 Å². The van der Waals surface area contributed by atoms with Crippen LogP contribution >= 0.6 is 23.1 Å². The van der Waals surface area contributed by atoms with E-state index in [2.05, 4.69) is 15.3 Å². The summed E-state index contributed by atoms with van der Waals surface area (Å²) in [6.45, 7) is 0.933. The van der Waals surface area contributed by atoms with Crippen LogP contribution in [0.15, 0.2) is 53.0 Å². The smallest absolute Gasteiger partial charge is 0.309 e. The fourth-order valence-electron chi connectivity index (χ4n) is 4.27. The van der Waals surface area contributed by atoms with Crippen LogP contribution in [0.4, 0.5) is 4.39 Å². The second-order valence-electron chi connectivity index (χ2n) is 10.2. The highest BCUT2D eigenvalue weighted by Crippen LogP contribution is 2.28. The van der Waals surface area contributed by atoms with Crippen LogP contribution in [-0.2, 0) is 52.7 Å². The van der Waals surface area contributed by atoms with Gasteiger partial charge in [-0.25, -0.2) is 27.6 Å². The number of thioether (sulfide) groups is 1. The summed E-state index contributed by atoms with van der Waals surface area (Å²) in [7, 11) is -2.61. The van der Waals surface area contributed by atoms with Crippen molar-refractivity contribution in [1.82, 2.24) is 20.0 Å². The van der Waals surface area contributed by atoms with Crippen molar-refractivity contribution >= 4 is 55.1 Å². The maximum Gasteiger partial charge on any atom is 0.309 e. The Morgan fingerprint density at radius 3 is 2.58 bits per heavy atom. The van der Waals surface area contributed by atoms with Crippen LogP contribution in [0.1, 0.15) is 17.7 Å². The number of carbonyl (C=O) groups is 2. The minimum absolute atomic E-state index is 0.0251. The third kappa shape index (κ3) is 12.1. The fourth-order valence-corrected chi connectivity index (χ4v) is 7.03. The standard InChI is InChI=1S/C30H36FN5O9S3/c1-41-29(38)22(20-46-19-21-3-2-4-25(13-21)44-12-11-43-10-9-42-8-7-31)14-24(37)17-36-16-23(34-35-36)18-45-26-5-6-27-28(15-26)47-30(33-27)48(32,39)40/h2-6,13,15-16,22H,7-12,14,17-20H2,1H3,(H2,32,39,40)/t22-/m1/s1. The Bertz CT molecular complexity index is 1750. The molecule has 1 atom stereocenters. The van der Waals surface area contributed by atoms with E-state index in [9.17, 15) is 22.4 Å². The van der Waals surface area contributed by atoms with E-state index in [0.717, 1.165) is 16.9 Å². The molecule has 18 heteroatoms. The molecule has 0 spiro atoms. The number of hydrogen-bond donors (Lipinski definition) is 1. The second kappa shape index (κ2) is 18.8. The molecular weight excluding hydrogens is 690 g/mol. The molecule has 4 rings (SSSR count). The van der Waals surface area contributed by atoms with Crippen LogP contribution in [0.5, 0.6) is 11.5 Å². The average Bonchev–Trinajstić information content (AvgIpc) is 3.71. The van der Waals surface area contributed by atoms with Gasteiger partial charge in [-0.2, -0.15) is 11.8 Å². The largest absolute Gasteiger partial charge is 0.491 e. The van der Waals surface area contributed by atoms with Crippen LogP contribution in [0.3, 0.4) is 0 Å². The molecule has 2 N–H and O–H groups in total. The van der Waals surface area contributed by atoms with Crippen molar-refractivity contribution < 1.29 is 46.1 Å². The number of rotatable bonds is 22. The zero-order valence-corrected chi connectivity index (χ0v) is 28.6. The number of nitrogens with two attached hydrogens (primary N) is 1. The van der Waals surface area contributed by atoms with Gasteiger partial charge in [-0.1, -0.05) is 17.3 Å². The van der Waals surface area contributed by atoms with Crippen LogP contribution < -0.4 is 14.6 Å². The highest BCUT2D eigenvalue weighted by atomic mass is 32.2. The summed E-state index contributed by atoms with van der Waals surface area (Å²) in [6, 6.07) is 12.5. The Hall–Kier alpha value is -3.68. The van der Waals surface area contributed by atoms with Crippen LogP contribution in [0.25, 0.3) is 10.2 Å². The SMILES string of the molecule is COC(=O)[C@@H](CSCc1cccc(OCCOCCOCCF)c1)CC(=O)Cn1cc(COc2ccc3nc(S(N)(=O)=O)sc3c2)nn1. The van der Waals surface area contributed by atoms with E-state index in [1.165, 1.54) is 23.6 Å². The fraction of sp³-hybridized carbons (Fsp3) is 0.433. The molecule has 2 heterocycles. The number of aromatic nitrogens is 4. The van der Waals surface area contributed by atoms with Crippen LogP contribution in [0.2, 0.25) is 0 Å². The van der Waals surface area contributed by atoms with Crippen molar-refractivity contribution in [2.45, 2.75) is 29.7 Å². The van der Waals surface area contributed by atoms with Gasteiger partial charge in [-0.05, 0) is 35.9 Å². The van der Waals surface area contributed by atoms with Gasteiger partial charge in [0.1, 0.15) is 43.6 Å². The summed E-state index contributed by atoms with van der Waals surface area (Å²) in [4.78, 5) is 29.4. The molecule has 0 saturated carbocycles. The lowest BCUT2D eigenvalue weighted by atomic mass is 10.1. The highest BCUT2D eigenvalue weighted by molar-refractivity contribution is 7.98. The number of ether oxygens (including phenoxy) is 5. The van der Waals surface area contributed by atoms with Crippen molar-refractivity contribution in [3.05, 3.63) is 59.9 Å². The van der Waals surface area contributed by atoms with Gasteiger partial charge in [0.05, 0.1) is 55.9 Å². The van der Waals surface area contributed by atoms with Gasteiger partial charge in [0.25, 0.3) is 10.0 Å². The Labute approximate surface area is 285 Å². The summed E-state index contributed by atoms with van der Waals surface area (Å²) in [5.74, 6) is 0.803. The van der Waals surface area contributed by atoms with E-state index in [1.807, 2.05) is 24.3 Å². The number of fused-ring (bicyclic) bond motifs is 1. The van der Waals surface area contributed by atoms with E-state index in [1.54, 1.807) is 24.4 Å². The van der Waals surface area contributed by atoms with Gasteiger partial charge in [0.15, 0.2) is 5.78 Å². The van der Waals surface area contributed by atoms with Crippen molar-refractivity contribution in [2.24, 2.45) is 11.1 Å². The van der Waals surface area contributed by atoms with Crippen LogP contribution in [-0.4, -0.2) is 92.7 Å². The highest BCUT2D eigenvalue weighted by Gasteiger charge is 2.23. The number of nitrogens with zero attached hydrogens (tertiary/aromatic N) is 4. The zero-order chi connectivity index (χ0) is 34.4. The van der Waals surface area contributed by atoms with Gasteiger partial charge in [-0.3, -0.25) is 9.59 Å². The van der Waals surface area contributed by atoms with E-state index in [-0.39, 0.29) is 36.3 Å². The molecule has 0 amide bonds. The quantitative estimate of drug-likeness (QED) is 0.0922. The third-order valence-corrected chi connectivity index (χ3v) is 9.99. The maximum atomic E-state index is 12.9. The van der Waals surface area contributed by atoms with E-state index in [0.29, 0.717) is 65.3 Å². The number of thiazole rings is 1. The summed E-state index contributed by atoms with van der Waals surface area (Å²) >= 11 is 2.45. The molecule has 2 aromatic carbocycles. The Kier molecular flexibility index (Phi) is 14.5. The van der Waals surface area contributed by atoms with Gasteiger partial charge in [0, 0.05) is 17.9 Å². The molecule has 48 heavy (non-hydrogen) atoms. The van der Waals surface area contributed by atoms with E-state index in [4.69, 9.17) is 28.8 Å². The number of Topliss-reactive ketones (excluding diaryl/α,β-unsaturated/α-hetero) is 1. The monoisotopic (exact) mass is 725 g/mol. The molecule has 0 saturated heterocycles. The average molecular weight is 726 g/mol. The summed E-state index contributed by atoms with van der Waals surface area (Å²) in [5, 5.41) is 13.2. The minimum Gasteiger partial charge on any atom is -0.491 e. The first kappa shape index (κ1) is 37.1. The molecule has 4 aromatic rings. The zero-order valence-electron chi connectivity index (χ0n) is 26.1. The second-order valence-corrected chi connectivity index (χ2v) is 14.0. The van der Waals surface area contributed by atoms with Crippen molar-refractivity contribution in [1.29, 1.82) is 0 Å². The van der Waals surface area contributed by atoms with E-state index >= 15 is 0 Å². The number of carbonyl (C=O) groups excluding carboxylic acids is 2. The van der Waals surface area contributed by atoms with Gasteiger partial charge >= 0.3 is 5.97 Å². The number of sulfonamides is 1. The molecule has 0 unspecified atom stereocenters. The molecule has 0 aliphatic carbocycles. The van der Waals surface area contributed by atoms with Crippen LogP contribution in [0, 0.1) is 5.92 Å². The molecule has 0 aliphatic heterocycles. The Balaban J connectivity index is 1.20. The Morgan fingerprint density at radius 2 is 1.81 bits per heavy atom. The number of methoxy groups -OCH3 is 1. The van der Waals surface area contributed by atoms with Gasteiger partial charge in [-0.15, -0.1) is 16.4 Å². The summed E-state index contributed by atoms with van der Waals surface area (Å²) < 4.78 is 63.8. The van der Waals surface area contributed by atoms with Gasteiger partial charge < -0.3 is 23.7 Å². The first-order valence-electron chi connectivity index (χ1n) is 14.7. The van der Waals surface area contributed by atoms with Crippen molar-refractivity contribution in [3.8, 4) is 11.5 Å². The third-order valence-electron chi connectivity index (χ3n) is 6.48. The number of primary sulfonamides is 1. The van der Waals surface area contributed by atoms with E-state index < -0.39 is 28.6 Å². The first-order valence-corrected chi connectivity index (χ1v) is 18.2. The number of alkyl halides is 1. The number of esters is 1. The molecule has 0 bridgehead atoms. The minimum atomic E-state index is -3.90. The molecule has 0 aliphatic rings. The molecule has 2 aromatic heterocycles. The first-order chi connectivity index (χ1) is 23.1. The molecule has 260 valence electrons. The summed E-state index contributed by atoms with van der Waals surface area (Å²) in [6.07, 6.45) is 1.55. The predicted molar refractivity (Wildman–Crippen MR) is 176 cm³/mol. The summed E-state index contributed by atoms with van der Waals surface area (Å²) in [5.41, 5.74) is 1.94. The number of halogens is 1. The lowest BCUT2D eigenvalue weighted by Gasteiger charge is -2.14. The molecule has 14 nitrogen and oxygen atoms in total. The molecular formula is C30H36FN5O9S3. The molecule has 0 fully saturated rings. The normalized spacial score (nSPS) is 12.2. The Morgan fingerprint density at radius 1 is 1.04 bits per heavy atom. The lowest BCUT2D eigenvalue weighted by Crippen LogP contribution is -2.24. The maximum absolute atomic E-state index is 12.9. The number of hydrogen-bond acceptors (Lipinski definition) is 14. The topological polar surface area (TPSA) is 184 Å². The predicted octanol–water partition coefficient (Wildman–Crippen LogP) is 3.18. The molecule has 0 radical (unpaired) electrons. The number of ketones is 1. The number of benzene rings is 2. The lowest BCUT2D eigenvalue weighted by molar-refractivity contribution is -0.146. The van der Waals surface area contributed by atoms with Crippen molar-refractivity contribution in [3.63, 3.8) is 0 Å². The van der Waals surface area contributed by atoms with Gasteiger partial charge in [0.2, 0.25) is 4.34 Å².